The van der Waals surface area contributed by atoms with E-state index in [1.807, 2.05) is 0 Å². The van der Waals surface area contributed by atoms with Crippen LogP contribution < -0.4 is 15.5 Å². The van der Waals surface area contributed by atoms with Gasteiger partial charge in [0.15, 0.2) is 13.1 Å². The standard InChI is InChI=1S/C16H22ClN3O3/c1-20(10-15(21)18-9-12-5-4-8-23-12)11-16(22)19-14-7-3-2-6-13(14)17/h2-3,6-7,12H,4-5,8-11H2,1H3,(H,18,21)(H,19,22)/p+1/t12-/m1/s1. The highest BCUT2D eigenvalue weighted by Gasteiger charge is 2.18. The molecule has 23 heavy (non-hydrogen) atoms. The van der Waals surface area contributed by atoms with E-state index in [0.29, 0.717) is 17.3 Å². The lowest BCUT2D eigenvalue weighted by Crippen LogP contribution is -3.11. The van der Waals surface area contributed by atoms with Gasteiger partial charge in [-0.3, -0.25) is 9.59 Å². The van der Waals surface area contributed by atoms with E-state index in [9.17, 15) is 9.59 Å². The Balaban J connectivity index is 1.68. The van der Waals surface area contributed by atoms with Gasteiger partial charge in [0.25, 0.3) is 11.8 Å². The van der Waals surface area contributed by atoms with E-state index in [-0.39, 0.29) is 31.0 Å². The fraction of sp³-hybridized carbons (Fsp3) is 0.500. The van der Waals surface area contributed by atoms with Crippen LogP contribution in [0.15, 0.2) is 24.3 Å². The Morgan fingerprint density at radius 1 is 1.30 bits per heavy atom. The molecule has 1 saturated heterocycles. The molecule has 1 fully saturated rings. The van der Waals surface area contributed by atoms with Gasteiger partial charge in [0.1, 0.15) is 0 Å². The minimum atomic E-state index is -0.178. The van der Waals surface area contributed by atoms with Crippen molar-refractivity contribution in [3.05, 3.63) is 29.3 Å². The molecule has 1 unspecified atom stereocenters. The number of rotatable bonds is 7. The zero-order chi connectivity index (χ0) is 16.7. The van der Waals surface area contributed by atoms with Crippen LogP contribution in [0.3, 0.4) is 0 Å². The molecule has 6 nitrogen and oxygen atoms in total. The van der Waals surface area contributed by atoms with Crippen LogP contribution in [-0.2, 0) is 14.3 Å². The number of carbonyl (C=O) groups is 2. The molecule has 7 heteroatoms. The largest absolute Gasteiger partial charge is 0.376 e. The summed E-state index contributed by atoms with van der Waals surface area (Å²) in [6.45, 7) is 1.74. The molecule has 0 aliphatic carbocycles. The maximum Gasteiger partial charge on any atom is 0.279 e. The van der Waals surface area contributed by atoms with E-state index in [2.05, 4.69) is 10.6 Å². The first kappa shape index (κ1) is 17.7. The van der Waals surface area contributed by atoms with Gasteiger partial charge in [-0.05, 0) is 25.0 Å². The second-order valence-electron chi connectivity index (χ2n) is 5.78. The number of para-hydroxylation sites is 1. The molecule has 2 amide bonds. The summed E-state index contributed by atoms with van der Waals surface area (Å²) in [6.07, 6.45) is 2.17. The molecule has 0 radical (unpaired) electrons. The van der Waals surface area contributed by atoms with Gasteiger partial charge in [-0.1, -0.05) is 23.7 Å². The lowest BCUT2D eigenvalue weighted by molar-refractivity contribution is -0.862. The molecule has 0 bridgehead atoms. The lowest BCUT2D eigenvalue weighted by Gasteiger charge is -2.15. The zero-order valence-corrected chi connectivity index (χ0v) is 14.0. The van der Waals surface area contributed by atoms with E-state index >= 15 is 0 Å². The summed E-state index contributed by atoms with van der Waals surface area (Å²) in [7, 11) is 1.80. The fourth-order valence-corrected chi connectivity index (χ4v) is 2.65. The minimum absolute atomic E-state index is 0.0801. The molecule has 2 atom stereocenters. The Bertz CT molecular complexity index is 547. The van der Waals surface area contributed by atoms with E-state index in [4.69, 9.17) is 16.3 Å². The van der Waals surface area contributed by atoms with Crippen molar-refractivity contribution >= 4 is 29.1 Å². The molecule has 126 valence electrons. The number of carbonyl (C=O) groups excluding carboxylic acids is 2. The van der Waals surface area contributed by atoms with Crippen LogP contribution in [0.5, 0.6) is 0 Å². The number of anilines is 1. The lowest BCUT2D eigenvalue weighted by atomic mass is 10.2. The van der Waals surface area contributed by atoms with E-state index in [1.54, 1.807) is 31.3 Å². The van der Waals surface area contributed by atoms with Gasteiger partial charge in [-0.25, -0.2) is 0 Å². The second kappa shape index (κ2) is 8.86. The van der Waals surface area contributed by atoms with E-state index in [1.165, 1.54) is 0 Å². The number of benzene rings is 1. The average molecular weight is 341 g/mol. The third kappa shape index (κ3) is 6.17. The summed E-state index contributed by atoms with van der Waals surface area (Å²) in [5.41, 5.74) is 0.579. The monoisotopic (exact) mass is 340 g/mol. The topological polar surface area (TPSA) is 71.9 Å². The fourth-order valence-electron chi connectivity index (χ4n) is 2.46. The van der Waals surface area contributed by atoms with Crippen molar-refractivity contribution in [2.24, 2.45) is 0 Å². The van der Waals surface area contributed by atoms with Crippen LogP contribution in [0.2, 0.25) is 5.02 Å². The van der Waals surface area contributed by atoms with Crippen molar-refractivity contribution in [3.8, 4) is 0 Å². The molecule has 2 rings (SSSR count). The van der Waals surface area contributed by atoms with Crippen LogP contribution in [0.4, 0.5) is 5.69 Å². The zero-order valence-electron chi connectivity index (χ0n) is 13.2. The number of ether oxygens (including phenoxy) is 1. The van der Waals surface area contributed by atoms with E-state index in [0.717, 1.165) is 24.3 Å². The van der Waals surface area contributed by atoms with Crippen molar-refractivity contribution in [2.45, 2.75) is 18.9 Å². The summed E-state index contributed by atoms with van der Waals surface area (Å²) in [4.78, 5) is 24.7. The molecular formula is C16H23ClN3O3+. The summed E-state index contributed by atoms with van der Waals surface area (Å²) in [6, 6.07) is 7.06. The Kier molecular flexibility index (Phi) is 6.83. The molecule has 1 heterocycles. The Labute approximate surface area is 141 Å². The Hall–Kier alpha value is -1.63. The molecule has 3 N–H and O–H groups in total. The Morgan fingerprint density at radius 3 is 2.74 bits per heavy atom. The van der Waals surface area contributed by atoms with Gasteiger partial charge in [-0.15, -0.1) is 0 Å². The third-order valence-electron chi connectivity index (χ3n) is 3.62. The normalized spacial score (nSPS) is 18.4. The Morgan fingerprint density at radius 2 is 2.04 bits per heavy atom. The van der Waals surface area contributed by atoms with Crippen molar-refractivity contribution in [2.75, 3.05) is 38.6 Å². The van der Waals surface area contributed by atoms with Crippen LogP contribution >= 0.6 is 11.6 Å². The number of nitrogens with one attached hydrogen (secondary N) is 3. The molecule has 0 saturated carbocycles. The van der Waals surface area contributed by atoms with Crippen molar-refractivity contribution in [3.63, 3.8) is 0 Å². The number of likely N-dealkylation sites (N-methyl/N-ethyl adjacent to an activating group) is 1. The van der Waals surface area contributed by atoms with Crippen LogP contribution in [0.25, 0.3) is 0 Å². The summed E-state index contributed by atoms with van der Waals surface area (Å²) < 4.78 is 5.45. The van der Waals surface area contributed by atoms with Gasteiger partial charge in [-0.2, -0.15) is 0 Å². The molecule has 1 aromatic rings. The van der Waals surface area contributed by atoms with Crippen LogP contribution in [0, 0.1) is 0 Å². The predicted molar refractivity (Wildman–Crippen MR) is 88.7 cm³/mol. The SMILES string of the molecule is C[NH+](CC(=O)NC[C@H]1CCCO1)CC(=O)Nc1ccccc1Cl. The van der Waals surface area contributed by atoms with Gasteiger partial charge >= 0.3 is 0 Å². The summed E-state index contributed by atoms with van der Waals surface area (Å²) in [5, 5.41) is 6.09. The summed E-state index contributed by atoms with van der Waals surface area (Å²) >= 11 is 6.00. The maximum absolute atomic E-state index is 12.0. The smallest absolute Gasteiger partial charge is 0.279 e. The quantitative estimate of drug-likeness (QED) is 0.658. The maximum atomic E-state index is 12.0. The van der Waals surface area contributed by atoms with Gasteiger partial charge < -0.3 is 20.3 Å². The van der Waals surface area contributed by atoms with Crippen LogP contribution in [0.1, 0.15) is 12.8 Å². The summed E-state index contributed by atoms with van der Waals surface area (Å²) in [5.74, 6) is -0.258. The number of quaternary nitrogens is 1. The molecule has 1 aromatic carbocycles. The first-order valence-electron chi connectivity index (χ1n) is 7.78. The molecular weight excluding hydrogens is 318 g/mol. The molecule has 1 aliphatic rings. The number of hydrogen-bond acceptors (Lipinski definition) is 3. The van der Waals surface area contributed by atoms with E-state index < -0.39 is 0 Å². The van der Waals surface area contributed by atoms with Crippen molar-refractivity contribution < 1.29 is 19.2 Å². The van der Waals surface area contributed by atoms with Crippen molar-refractivity contribution in [1.29, 1.82) is 0 Å². The minimum Gasteiger partial charge on any atom is -0.376 e. The van der Waals surface area contributed by atoms with Gasteiger partial charge in [0, 0.05) is 13.2 Å². The average Bonchev–Trinajstić information content (AvgIpc) is 3.00. The van der Waals surface area contributed by atoms with Crippen LogP contribution in [-0.4, -0.2) is 51.2 Å². The third-order valence-corrected chi connectivity index (χ3v) is 3.95. The molecule has 1 aliphatic heterocycles. The highest BCUT2D eigenvalue weighted by Crippen LogP contribution is 2.19. The number of halogens is 1. The first-order chi connectivity index (χ1) is 11.0. The molecule has 0 spiro atoms. The highest BCUT2D eigenvalue weighted by molar-refractivity contribution is 6.33. The second-order valence-corrected chi connectivity index (χ2v) is 6.18. The van der Waals surface area contributed by atoms with Gasteiger partial charge in [0.05, 0.1) is 23.9 Å². The van der Waals surface area contributed by atoms with Crippen molar-refractivity contribution in [1.82, 2.24) is 5.32 Å². The number of hydrogen-bond donors (Lipinski definition) is 3. The highest BCUT2D eigenvalue weighted by atomic mass is 35.5. The first-order valence-corrected chi connectivity index (χ1v) is 8.16. The van der Waals surface area contributed by atoms with Gasteiger partial charge in [0.2, 0.25) is 0 Å². The number of amides is 2. The predicted octanol–water partition coefficient (Wildman–Crippen LogP) is 0.0884. The molecule has 0 aromatic heterocycles.